The van der Waals surface area contributed by atoms with Gasteiger partial charge in [-0.1, -0.05) is 44.3 Å². The maximum Gasteiger partial charge on any atom is 0.307 e. The van der Waals surface area contributed by atoms with Crippen molar-refractivity contribution >= 4 is 36.4 Å². The van der Waals surface area contributed by atoms with Gasteiger partial charge in [0.25, 0.3) is 0 Å². The summed E-state index contributed by atoms with van der Waals surface area (Å²) < 4.78 is -0.0837. The van der Waals surface area contributed by atoms with Crippen LogP contribution < -0.4 is 0 Å². The van der Waals surface area contributed by atoms with Crippen molar-refractivity contribution in [3.8, 4) is 0 Å². The third kappa shape index (κ3) is 3.32. The van der Waals surface area contributed by atoms with Crippen molar-refractivity contribution in [3.63, 3.8) is 0 Å². The van der Waals surface area contributed by atoms with Crippen molar-refractivity contribution in [1.82, 2.24) is 0 Å². The average molecular weight is 382 g/mol. The highest BCUT2D eigenvalue weighted by molar-refractivity contribution is 8.01. The van der Waals surface area contributed by atoms with Crippen LogP contribution in [0.1, 0.15) is 51.4 Å². The minimum Gasteiger partial charge on any atom is -0.481 e. The summed E-state index contributed by atoms with van der Waals surface area (Å²) in [6.07, 6.45) is 18.6. The Kier molecular flexibility index (Phi) is 5.99. The summed E-state index contributed by atoms with van der Waals surface area (Å²) in [5.74, 6) is 1.05. The van der Waals surface area contributed by atoms with Gasteiger partial charge in [-0.25, -0.2) is 0 Å². The highest BCUT2D eigenvalue weighted by Gasteiger charge is 2.58. The number of nitrogens with zero attached hydrogens (tertiary/aromatic N) is 1. The molecule has 2 aliphatic carbocycles. The molecule has 1 spiro atoms. The molecule has 4 atom stereocenters. The van der Waals surface area contributed by atoms with E-state index in [1.807, 2.05) is 11.8 Å². The van der Waals surface area contributed by atoms with Crippen LogP contribution in [0, 0.1) is 23.7 Å². The minimum atomic E-state index is -0.607. The molecule has 0 aromatic heterocycles. The number of hydrogen-bond acceptors (Lipinski definition) is 3. The lowest BCUT2D eigenvalue weighted by Crippen LogP contribution is -2.47. The molecule has 0 aromatic rings. The number of thioether (sulfide) groups is 1. The Labute approximate surface area is 160 Å². The van der Waals surface area contributed by atoms with Crippen molar-refractivity contribution < 1.29 is 9.90 Å². The fourth-order valence-corrected chi connectivity index (χ4v) is 7.18. The zero-order valence-corrected chi connectivity index (χ0v) is 16.2. The first kappa shape index (κ1) is 19.0. The van der Waals surface area contributed by atoms with E-state index in [9.17, 15) is 9.90 Å². The summed E-state index contributed by atoms with van der Waals surface area (Å²) in [5, 5.41) is 9.86. The smallest absolute Gasteiger partial charge is 0.307 e. The molecule has 5 heteroatoms. The number of aliphatic imine (C=N–C) groups is 1. The van der Waals surface area contributed by atoms with E-state index in [2.05, 4.69) is 24.4 Å². The van der Waals surface area contributed by atoms with Crippen molar-refractivity contribution in [3.05, 3.63) is 23.9 Å². The molecule has 1 N–H and O–H groups in total. The molecule has 4 unspecified atom stereocenters. The van der Waals surface area contributed by atoms with Crippen LogP contribution in [0.3, 0.4) is 0 Å². The maximum absolute atomic E-state index is 12.0. The fraction of sp³-hybridized carbons (Fsp3) is 0.700. The molecule has 2 aliphatic heterocycles. The summed E-state index contributed by atoms with van der Waals surface area (Å²) in [6, 6.07) is 0. The topological polar surface area (TPSA) is 49.7 Å². The lowest BCUT2D eigenvalue weighted by Gasteiger charge is -2.45. The van der Waals surface area contributed by atoms with Gasteiger partial charge in [-0.15, -0.1) is 24.2 Å². The zero-order valence-electron chi connectivity index (χ0n) is 14.6. The number of rotatable bonds is 2. The monoisotopic (exact) mass is 381 g/mol. The Morgan fingerprint density at radius 2 is 1.92 bits per heavy atom. The molecular formula is C20H28ClNO2S. The molecule has 2 heterocycles. The van der Waals surface area contributed by atoms with Crippen molar-refractivity contribution in [1.29, 1.82) is 0 Å². The van der Waals surface area contributed by atoms with Gasteiger partial charge in [-0.3, -0.25) is 9.79 Å². The number of carboxylic acids is 1. The quantitative estimate of drug-likeness (QED) is 0.722. The lowest BCUT2D eigenvalue weighted by molar-refractivity contribution is -0.143. The number of carboxylic acid groups (broad SMARTS) is 1. The summed E-state index contributed by atoms with van der Waals surface area (Å²) in [7, 11) is 0. The number of allylic oxidation sites excluding steroid dienone is 3. The van der Waals surface area contributed by atoms with Gasteiger partial charge >= 0.3 is 5.97 Å². The summed E-state index contributed by atoms with van der Waals surface area (Å²) in [6.45, 7) is 0. The Morgan fingerprint density at radius 3 is 2.64 bits per heavy atom. The molecule has 0 aromatic carbocycles. The third-order valence-corrected chi connectivity index (χ3v) is 8.24. The maximum atomic E-state index is 12.0. The first-order chi connectivity index (χ1) is 11.7. The Bertz CT molecular complexity index is 595. The molecule has 3 nitrogen and oxygen atoms in total. The minimum absolute atomic E-state index is 0. The number of halogens is 1. The predicted octanol–water partition coefficient (Wildman–Crippen LogP) is 5.12. The summed E-state index contributed by atoms with van der Waals surface area (Å²) >= 11 is 1.86. The van der Waals surface area contributed by atoms with Gasteiger partial charge in [0.05, 0.1) is 16.4 Å². The van der Waals surface area contributed by atoms with Gasteiger partial charge in [-0.2, -0.15) is 0 Å². The molecule has 1 saturated carbocycles. The van der Waals surface area contributed by atoms with Gasteiger partial charge in [0.2, 0.25) is 0 Å². The van der Waals surface area contributed by atoms with Crippen LogP contribution in [-0.4, -0.2) is 27.8 Å². The highest BCUT2D eigenvalue weighted by atomic mass is 35.5. The van der Waals surface area contributed by atoms with E-state index < -0.39 is 5.97 Å². The van der Waals surface area contributed by atoms with Gasteiger partial charge in [0.15, 0.2) is 0 Å². The van der Waals surface area contributed by atoms with Crippen molar-refractivity contribution in [2.45, 2.75) is 56.1 Å². The normalized spacial score (nSPS) is 37.9. The van der Waals surface area contributed by atoms with Crippen LogP contribution in [0.15, 0.2) is 28.9 Å². The second-order valence-corrected chi connectivity index (χ2v) is 9.17. The van der Waals surface area contributed by atoms with Crippen LogP contribution in [-0.2, 0) is 4.79 Å². The number of aliphatic carboxylic acids is 1. The average Bonchev–Trinajstić information content (AvgIpc) is 2.93. The molecule has 1 saturated heterocycles. The molecule has 0 bridgehead atoms. The molecule has 4 aliphatic rings. The van der Waals surface area contributed by atoms with Gasteiger partial charge in [0, 0.05) is 23.8 Å². The van der Waals surface area contributed by atoms with E-state index in [-0.39, 0.29) is 29.0 Å². The largest absolute Gasteiger partial charge is 0.481 e. The van der Waals surface area contributed by atoms with E-state index in [4.69, 9.17) is 4.99 Å². The molecule has 2 fully saturated rings. The molecule has 138 valence electrons. The SMILES string of the molecule is Cl.O=C(O)C1CSC23CC=CC=C2N=CC(C2CCCCCCC2)C13. The van der Waals surface area contributed by atoms with Crippen molar-refractivity contribution in [2.75, 3.05) is 5.75 Å². The van der Waals surface area contributed by atoms with Crippen molar-refractivity contribution in [2.24, 2.45) is 28.7 Å². The van der Waals surface area contributed by atoms with E-state index >= 15 is 0 Å². The van der Waals surface area contributed by atoms with E-state index in [0.717, 1.165) is 17.9 Å². The van der Waals surface area contributed by atoms with Gasteiger partial charge in [-0.05, 0) is 31.3 Å². The second kappa shape index (κ2) is 7.87. The van der Waals surface area contributed by atoms with Crippen LogP contribution in [0.2, 0.25) is 0 Å². The number of carbonyl (C=O) groups is 1. The highest BCUT2D eigenvalue weighted by Crippen LogP contribution is 2.60. The summed E-state index contributed by atoms with van der Waals surface area (Å²) in [4.78, 5) is 16.8. The molecule has 0 radical (unpaired) electrons. The van der Waals surface area contributed by atoms with Crippen LogP contribution >= 0.6 is 24.2 Å². The number of hydrogen-bond donors (Lipinski definition) is 1. The first-order valence-electron chi connectivity index (χ1n) is 9.50. The van der Waals surface area contributed by atoms with Crippen LogP contribution in [0.5, 0.6) is 0 Å². The molecule has 4 rings (SSSR count). The zero-order chi connectivity index (χ0) is 16.6. The van der Waals surface area contributed by atoms with E-state index in [1.54, 1.807) is 0 Å². The third-order valence-electron chi connectivity index (χ3n) is 6.55. The standard InChI is InChI=1S/C20H27NO2S.ClH/c22-19(23)16-13-24-20-11-7-6-10-17(20)21-12-15(18(16)20)14-8-4-2-1-3-5-9-14;/h6-7,10,12,14-16,18H,1-5,8-9,11,13H2,(H,22,23);1H. The van der Waals surface area contributed by atoms with Gasteiger partial charge < -0.3 is 5.11 Å². The van der Waals surface area contributed by atoms with E-state index in [1.165, 1.54) is 44.9 Å². The molecule has 0 amide bonds. The summed E-state index contributed by atoms with van der Waals surface area (Å²) in [5.41, 5.74) is 1.12. The Morgan fingerprint density at radius 1 is 1.20 bits per heavy atom. The first-order valence-corrected chi connectivity index (χ1v) is 10.5. The van der Waals surface area contributed by atoms with Crippen LogP contribution in [0.4, 0.5) is 0 Å². The van der Waals surface area contributed by atoms with Gasteiger partial charge in [0.1, 0.15) is 0 Å². The predicted molar refractivity (Wildman–Crippen MR) is 107 cm³/mol. The van der Waals surface area contributed by atoms with Crippen LogP contribution in [0.25, 0.3) is 0 Å². The Balaban J connectivity index is 0.00000182. The molecular weight excluding hydrogens is 354 g/mol. The molecule has 25 heavy (non-hydrogen) atoms. The Hall–Kier alpha value is -0.740. The second-order valence-electron chi connectivity index (χ2n) is 7.82. The lowest BCUT2D eigenvalue weighted by atomic mass is 9.63. The fourth-order valence-electron chi connectivity index (χ4n) is 5.35. The van der Waals surface area contributed by atoms with E-state index in [0.29, 0.717) is 11.8 Å².